The number of hydrogen-bond donors (Lipinski definition) is 1. The van der Waals surface area contributed by atoms with Crippen molar-refractivity contribution in [2.75, 3.05) is 12.3 Å². The predicted octanol–water partition coefficient (Wildman–Crippen LogP) is 3.52. The third-order valence-corrected chi connectivity index (χ3v) is 3.76. The molecule has 0 amide bonds. The van der Waals surface area contributed by atoms with Crippen LogP contribution in [-0.2, 0) is 0 Å². The number of thioether (sulfide) groups is 1. The van der Waals surface area contributed by atoms with Gasteiger partial charge in [0, 0.05) is 35.6 Å². The first kappa shape index (κ1) is 13.1. The second kappa shape index (κ2) is 7.19. The van der Waals surface area contributed by atoms with E-state index in [1.165, 1.54) is 10.5 Å². The number of benzene rings is 1. The van der Waals surface area contributed by atoms with Gasteiger partial charge in [0.1, 0.15) is 0 Å². The van der Waals surface area contributed by atoms with Crippen LogP contribution in [0.2, 0.25) is 0 Å². The lowest BCUT2D eigenvalue weighted by atomic mass is 10.1. The third-order valence-electron chi connectivity index (χ3n) is 2.75. The Morgan fingerprint density at radius 3 is 2.72 bits per heavy atom. The minimum absolute atomic E-state index is 0.357. The van der Waals surface area contributed by atoms with Crippen molar-refractivity contribution < 1.29 is 0 Å². The van der Waals surface area contributed by atoms with Gasteiger partial charge in [0.25, 0.3) is 0 Å². The van der Waals surface area contributed by atoms with Crippen molar-refractivity contribution in [2.45, 2.75) is 17.9 Å². The molecule has 0 saturated carbocycles. The molecule has 1 aromatic heterocycles. The lowest BCUT2D eigenvalue weighted by Gasteiger charge is -2.13. The molecule has 2 nitrogen and oxygen atoms in total. The fourth-order valence-corrected chi connectivity index (χ4v) is 2.52. The van der Waals surface area contributed by atoms with Crippen LogP contribution < -0.4 is 5.32 Å². The van der Waals surface area contributed by atoms with E-state index in [4.69, 9.17) is 0 Å². The van der Waals surface area contributed by atoms with Gasteiger partial charge in [-0.15, -0.1) is 11.8 Å². The number of nitrogens with zero attached hydrogens (tertiary/aromatic N) is 1. The molecule has 0 fully saturated rings. The molecule has 1 aromatic carbocycles. The molecular formula is C15H18N2S. The van der Waals surface area contributed by atoms with Crippen molar-refractivity contribution >= 4 is 11.8 Å². The second-order valence-corrected chi connectivity index (χ2v) is 5.29. The molecule has 3 heteroatoms. The van der Waals surface area contributed by atoms with Gasteiger partial charge in [-0.1, -0.05) is 24.3 Å². The van der Waals surface area contributed by atoms with Crippen LogP contribution in [0, 0.1) is 0 Å². The molecule has 0 spiro atoms. The number of pyridine rings is 1. The third kappa shape index (κ3) is 4.17. The van der Waals surface area contributed by atoms with Crippen molar-refractivity contribution in [3.8, 4) is 0 Å². The SMILES string of the molecule is C[C@@H](NCCSc1ccccc1)c1cccnc1. The zero-order chi connectivity index (χ0) is 12.6. The maximum atomic E-state index is 4.14. The van der Waals surface area contributed by atoms with Gasteiger partial charge in [0.15, 0.2) is 0 Å². The Hall–Kier alpha value is -1.32. The topological polar surface area (TPSA) is 24.9 Å². The maximum Gasteiger partial charge on any atom is 0.0315 e. The Morgan fingerprint density at radius 2 is 2.00 bits per heavy atom. The smallest absolute Gasteiger partial charge is 0.0315 e. The molecule has 0 bridgehead atoms. The van der Waals surface area contributed by atoms with Gasteiger partial charge in [-0.2, -0.15) is 0 Å². The summed E-state index contributed by atoms with van der Waals surface area (Å²) in [6.07, 6.45) is 3.73. The summed E-state index contributed by atoms with van der Waals surface area (Å²) in [5.41, 5.74) is 1.24. The molecule has 0 aliphatic heterocycles. The first-order valence-electron chi connectivity index (χ1n) is 6.17. The zero-order valence-electron chi connectivity index (χ0n) is 10.5. The van der Waals surface area contributed by atoms with Crippen LogP contribution >= 0.6 is 11.8 Å². The van der Waals surface area contributed by atoms with Crippen molar-refractivity contribution in [3.63, 3.8) is 0 Å². The Kier molecular flexibility index (Phi) is 5.24. The van der Waals surface area contributed by atoms with Crippen LogP contribution in [0.15, 0.2) is 59.8 Å². The molecule has 2 aromatic rings. The van der Waals surface area contributed by atoms with Crippen molar-refractivity contribution in [3.05, 3.63) is 60.4 Å². The van der Waals surface area contributed by atoms with E-state index in [1.807, 2.05) is 36.3 Å². The minimum Gasteiger partial charge on any atom is -0.309 e. The fourth-order valence-electron chi connectivity index (χ4n) is 1.71. The monoisotopic (exact) mass is 258 g/mol. The van der Waals surface area contributed by atoms with Gasteiger partial charge in [-0.25, -0.2) is 0 Å². The van der Waals surface area contributed by atoms with E-state index in [2.05, 4.69) is 47.6 Å². The summed E-state index contributed by atoms with van der Waals surface area (Å²) in [5, 5.41) is 3.51. The van der Waals surface area contributed by atoms with Gasteiger partial charge in [-0.05, 0) is 30.7 Å². The Morgan fingerprint density at radius 1 is 1.17 bits per heavy atom. The standard InChI is InChI=1S/C15H18N2S/c1-13(14-6-5-9-16-12-14)17-10-11-18-15-7-3-2-4-8-15/h2-9,12-13,17H,10-11H2,1H3/t13-/m1/s1. The van der Waals surface area contributed by atoms with Crippen LogP contribution in [0.1, 0.15) is 18.5 Å². The highest BCUT2D eigenvalue weighted by molar-refractivity contribution is 7.99. The molecule has 0 aliphatic carbocycles. The predicted molar refractivity (Wildman–Crippen MR) is 77.8 cm³/mol. The molecule has 0 saturated heterocycles. The van der Waals surface area contributed by atoms with Gasteiger partial charge < -0.3 is 5.32 Å². The van der Waals surface area contributed by atoms with E-state index in [0.717, 1.165) is 12.3 Å². The molecule has 94 valence electrons. The van der Waals surface area contributed by atoms with Crippen molar-refractivity contribution in [1.82, 2.24) is 10.3 Å². The first-order valence-corrected chi connectivity index (χ1v) is 7.16. The lowest BCUT2D eigenvalue weighted by molar-refractivity contribution is 0.599. The summed E-state index contributed by atoms with van der Waals surface area (Å²) in [7, 11) is 0. The van der Waals surface area contributed by atoms with Gasteiger partial charge in [0.2, 0.25) is 0 Å². The molecule has 1 atom stereocenters. The Bertz CT molecular complexity index is 445. The number of aromatic nitrogens is 1. The molecule has 1 N–H and O–H groups in total. The molecule has 2 rings (SSSR count). The summed E-state index contributed by atoms with van der Waals surface area (Å²) in [5.74, 6) is 1.08. The van der Waals surface area contributed by atoms with Gasteiger partial charge in [0.05, 0.1) is 0 Å². The molecule has 0 aliphatic rings. The molecule has 0 unspecified atom stereocenters. The highest BCUT2D eigenvalue weighted by Crippen LogP contribution is 2.16. The summed E-state index contributed by atoms with van der Waals surface area (Å²) >= 11 is 1.88. The van der Waals surface area contributed by atoms with Crippen molar-refractivity contribution in [1.29, 1.82) is 0 Å². The van der Waals surface area contributed by atoms with Crippen LogP contribution in [-0.4, -0.2) is 17.3 Å². The average molecular weight is 258 g/mol. The molecule has 0 radical (unpaired) electrons. The number of hydrogen-bond acceptors (Lipinski definition) is 3. The van der Waals surface area contributed by atoms with Crippen LogP contribution in [0.25, 0.3) is 0 Å². The summed E-state index contributed by atoms with van der Waals surface area (Å²) in [6.45, 7) is 3.17. The summed E-state index contributed by atoms with van der Waals surface area (Å²) in [6, 6.07) is 14.9. The first-order chi connectivity index (χ1) is 8.86. The van der Waals surface area contributed by atoms with E-state index in [9.17, 15) is 0 Å². The largest absolute Gasteiger partial charge is 0.309 e. The molecule has 18 heavy (non-hydrogen) atoms. The highest BCUT2D eigenvalue weighted by atomic mass is 32.2. The maximum absolute atomic E-state index is 4.14. The average Bonchev–Trinajstić information content (AvgIpc) is 2.45. The van der Waals surface area contributed by atoms with E-state index >= 15 is 0 Å². The van der Waals surface area contributed by atoms with Crippen LogP contribution in [0.4, 0.5) is 0 Å². The van der Waals surface area contributed by atoms with E-state index in [1.54, 1.807) is 0 Å². The van der Waals surface area contributed by atoms with Gasteiger partial charge >= 0.3 is 0 Å². The summed E-state index contributed by atoms with van der Waals surface area (Å²) in [4.78, 5) is 5.46. The van der Waals surface area contributed by atoms with Crippen LogP contribution in [0.5, 0.6) is 0 Å². The van der Waals surface area contributed by atoms with Crippen molar-refractivity contribution in [2.24, 2.45) is 0 Å². The fraction of sp³-hybridized carbons (Fsp3) is 0.267. The van der Waals surface area contributed by atoms with E-state index < -0.39 is 0 Å². The second-order valence-electron chi connectivity index (χ2n) is 4.12. The zero-order valence-corrected chi connectivity index (χ0v) is 11.4. The normalized spacial score (nSPS) is 12.3. The van der Waals surface area contributed by atoms with E-state index in [-0.39, 0.29) is 0 Å². The lowest BCUT2D eigenvalue weighted by Crippen LogP contribution is -2.21. The number of nitrogens with one attached hydrogen (secondary N) is 1. The number of rotatable bonds is 6. The summed E-state index contributed by atoms with van der Waals surface area (Å²) < 4.78 is 0. The Balaban J connectivity index is 1.70. The van der Waals surface area contributed by atoms with Crippen LogP contribution in [0.3, 0.4) is 0 Å². The molecular weight excluding hydrogens is 240 g/mol. The highest BCUT2D eigenvalue weighted by Gasteiger charge is 2.03. The van der Waals surface area contributed by atoms with E-state index in [0.29, 0.717) is 6.04 Å². The minimum atomic E-state index is 0.357. The quantitative estimate of drug-likeness (QED) is 0.634. The van der Waals surface area contributed by atoms with Gasteiger partial charge in [-0.3, -0.25) is 4.98 Å². The molecule has 1 heterocycles. The Labute approximate surface area is 113 Å².